The first-order valence-corrected chi connectivity index (χ1v) is 8.50. The van der Waals surface area contributed by atoms with Crippen LogP contribution in [0.3, 0.4) is 0 Å². The van der Waals surface area contributed by atoms with E-state index in [1.54, 1.807) is 0 Å². The van der Waals surface area contributed by atoms with Gasteiger partial charge in [0.25, 0.3) is 5.91 Å². The molecule has 2 heterocycles. The van der Waals surface area contributed by atoms with Crippen LogP contribution < -0.4 is 0 Å². The average molecular weight is 364 g/mol. The van der Waals surface area contributed by atoms with E-state index in [-0.39, 0.29) is 5.91 Å². The SMILES string of the molecule is Cc1c(C(=O)N(C)C2CCN(C)CC2)[nH]c2ccc(Br)cc12. The number of likely N-dealkylation sites (tertiary alicyclic amines) is 1. The first kappa shape index (κ1) is 15.6. The number of piperidine rings is 1. The molecule has 0 atom stereocenters. The molecule has 118 valence electrons. The van der Waals surface area contributed by atoms with Crippen molar-refractivity contribution in [2.75, 3.05) is 27.2 Å². The van der Waals surface area contributed by atoms with Gasteiger partial charge in [0.2, 0.25) is 0 Å². The Morgan fingerprint density at radius 3 is 2.73 bits per heavy atom. The Bertz CT molecular complexity index is 701. The van der Waals surface area contributed by atoms with Crippen LogP contribution in [0.2, 0.25) is 0 Å². The van der Waals surface area contributed by atoms with Gasteiger partial charge in [-0.2, -0.15) is 0 Å². The second-order valence-electron chi connectivity index (χ2n) is 6.27. The third kappa shape index (κ3) is 2.79. The summed E-state index contributed by atoms with van der Waals surface area (Å²) in [6, 6.07) is 6.40. The Balaban J connectivity index is 1.87. The molecule has 0 unspecified atom stereocenters. The second-order valence-corrected chi connectivity index (χ2v) is 7.18. The van der Waals surface area contributed by atoms with Crippen LogP contribution in [-0.4, -0.2) is 53.9 Å². The number of halogens is 1. The van der Waals surface area contributed by atoms with Gasteiger partial charge in [0, 0.05) is 28.5 Å². The Kier molecular flexibility index (Phi) is 4.28. The molecule has 0 radical (unpaired) electrons. The van der Waals surface area contributed by atoms with Crippen LogP contribution in [0.15, 0.2) is 22.7 Å². The van der Waals surface area contributed by atoms with Crippen molar-refractivity contribution in [3.05, 3.63) is 33.9 Å². The molecule has 0 spiro atoms. The van der Waals surface area contributed by atoms with E-state index in [0.717, 1.165) is 52.6 Å². The summed E-state index contributed by atoms with van der Waals surface area (Å²) in [5.41, 5.74) is 2.76. The van der Waals surface area contributed by atoms with Gasteiger partial charge in [0.05, 0.1) is 0 Å². The fourth-order valence-corrected chi connectivity index (χ4v) is 3.60. The molecule has 0 bridgehead atoms. The van der Waals surface area contributed by atoms with E-state index >= 15 is 0 Å². The third-order valence-corrected chi connectivity index (χ3v) is 5.28. The lowest BCUT2D eigenvalue weighted by Crippen LogP contribution is -2.44. The van der Waals surface area contributed by atoms with E-state index < -0.39 is 0 Å². The summed E-state index contributed by atoms with van der Waals surface area (Å²) in [5.74, 6) is 0.0966. The molecule has 1 saturated heterocycles. The molecule has 5 heteroatoms. The molecular formula is C17H22BrN3O. The van der Waals surface area contributed by atoms with E-state index in [0.29, 0.717) is 6.04 Å². The van der Waals surface area contributed by atoms with E-state index in [4.69, 9.17) is 0 Å². The zero-order valence-electron chi connectivity index (χ0n) is 13.3. The van der Waals surface area contributed by atoms with Crippen molar-refractivity contribution < 1.29 is 4.79 Å². The number of nitrogens with zero attached hydrogens (tertiary/aromatic N) is 2. The molecule has 22 heavy (non-hydrogen) atoms. The van der Waals surface area contributed by atoms with E-state index in [1.165, 1.54) is 0 Å². The van der Waals surface area contributed by atoms with Crippen LogP contribution in [0.1, 0.15) is 28.9 Å². The number of H-pyrrole nitrogens is 1. The van der Waals surface area contributed by atoms with Crippen molar-refractivity contribution in [1.82, 2.24) is 14.8 Å². The number of aryl methyl sites for hydroxylation is 1. The monoisotopic (exact) mass is 363 g/mol. The van der Waals surface area contributed by atoms with Crippen molar-refractivity contribution >= 4 is 32.7 Å². The average Bonchev–Trinajstić information content (AvgIpc) is 2.83. The van der Waals surface area contributed by atoms with Gasteiger partial charge in [-0.3, -0.25) is 4.79 Å². The summed E-state index contributed by atoms with van der Waals surface area (Å²) in [5, 5.41) is 1.11. The number of benzene rings is 1. The van der Waals surface area contributed by atoms with Crippen LogP contribution in [0.4, 0.5) is 0 Å². The molecule has 3 rings (SSSR count). The highest BCUT2D eigenvalue weighted by atomic mass is 79.9. The second kappa shape index (κ2) is 6.05. The fourth-order valence-electron chi connectivity index (χ4n) is 3.24. The maximum Gasteiger partial charge on any atom is 0.270 e. The van der Waals surface area contributed by atoms with Crippen molar-refractivity contribution in [1.29, 1.82) is 0 Å². The third-order valence-electron chi connectivity index (χ3n) is 4.79. The van der Waals surface area contributed by atoms with Crippen molar-refractivity contribution in [2.24, 2.45) is 0 Å². The predicted molar refractivity (Wildman–Crippen MR) is 93.3 cm³/mol. The Hall–Kier alpha value is -1.33. The molecule has 0 saturated carbocycles. The summed E-state index contributed by atoms with van der Waals surface area (Å²) in [7, 11) is 4.07. The summed E-state index contributed by atoms with van der Waals surface area (Å²) in [6.45, 7) is 4.13. The van der Waals surface area contributed by atoms with E-state index in [2.05, 4.69) is 38.9 Å². The number of amides is 1. The lowest BCUT2D eigenvalue weighted by molar-refractivity contribution is 0.0654. The molecule has 1 aliphatic heterocycles. The first-order chi connectivity index (χ1) is 10.5. The number of fused-ring (bicyclic) bond motifs is 1. The number of rotatable bonds is 2. The highest BCUT2D eigenvalue weighted by Crippen LogP contribution is 2.26. The van der Waals surface area contributed by atoms with Gasteiger partial charge >= 0.3 is 0 Å². The Morgan fingerprint density at radius 1 is 1.36 bits per heavy atom. The molecule has 2 aromatic rings. The minimum Gasteiger partial charge on any atom is -0.350 e. The van der Waals surface area contributed by atoms with Crippen LogP contribution in [0.25, 0.3) is 10.9 Å². The maximum absolute atomic E-state index is 12.9. The normalized spacial score (nSPS) is 17.1. The number of carbonyl (C=O) groups excluding carboxylic acids is 1. The van der Waals surface area contributed by atoms with Crippen molar-refractivity contribution in [3.8, 4) is 0 Å². The number of aromatic nitrogens is 1. The minimum absolute atomic E-state index is 0.0966. The standard InChI is InChI=1S/C17H22BrN3O/c1-11-14-10-12(18)4-5-15(14)19-16(11)17(22)21(3)13-6-8-20(2)9-7-13/h4-5,10,13,19H,6-9H2,1-3H3. The van der Waals surface area contributed by atoms with Gasteiger partial charge in [-0.1, -0.05) is 15.9 Å². The topological polar surface area (TPSA) is 39.3 Å². The molecular weight excluding hydrogens is 342 g/mol. The number of hydrogen-bond donors (Lipinski definition) is 1. The molecule has 1 N–H and O–H groups in total. The van der Waals surface area contributed by atoms with Gasteiger partial charge in [-0.25, -0.2) is 0 Å². The summed E-state index contributed by atoms with van der Waals surface area (Å²) in [4.78, 5) is 20.4. The van der Waals surface area contributed by atoms with Crippen LogP contribution in [-0.2, 0) is 0 Å². The zero-order valence-corrected chi connectivity index (χ0v) is 14.9. The van der Waals surface area contributed by atoms with Crippen LogP contribution >= 0.6 is 15.9 Å². The summed E-state index contributed by atoms with van der Waals surface area (Å²) >= 11 is 3.50. The lowest BCUT2D eigenvalue weighted by Gasteiger charge is -2.35. The highest BCUT2D eigenvalue weighted by Gasteiger charge is 2.26. The fraction of sp³-hybridized carbons (Fsp3) is 0.471. The van der Waals surface area contributed by atoms with Gasteiger partial charge in [-0.15, -0.1) is 0 Å². The number of carbonyl (C=O) groups is 1. The van der Waals surface area contributed by atoms with Gasteiger partial charge < -0.3 is 14.8 Å². The molecule has 1 aromatic carbocycles. The van der Waals surface area contributed by atoms with Gasteiger partial charge in [0.1, 0.15) is 5.69 Å². The molecule has 1 fully saturated rings. The largest absolute Gasteiger partial charge is 0.350 e. The molecule has 4 nitrogen and oxygen atoms in total. The number of nitrogens with one attached hydrogen (secondary N) is 1. The highest BCUT2D eigenvalue weighted by molar-refractivity contribution is 9.10. The predicted octanol–water partition coefficient (Wildman–Crippen LogP) is 3.41. The maximum atomic E-state index is 12.9. The Morgan fingerprint density at radius 2 is 2.05 bits per heavy atom. The van der Waals surface area contributed by atoms with Gasteiger partial charge in [0.15, 0.2) is 0 Å². The summed E-state index contributed by atoms with van der Waals surface area (Å²) < 4.78 is 1.03. The zero-order chi connectivity index (χ0) is 15.9. The molecule has 1 aromatic heterocycles. The van der Waals surface area contributed by atoms with Crippen LogP contribution in [0, 0.1) is 6.92 Å². The van der Waals surface area contributed by atoms with Crippen molar-refractivity contribution in [3.63, 3.8) is 0 Å². The molecule has 1 amide bonds. The Labute approximate surface area is 139 Å². The van der Waals surface area contributed by atoms with Crippen LogP contribution in [0.5, 0.6) is 0 Å². The van der Waals surface area contributed by atoms with Crippen molar-refractivity contribution in [2.45, 2.75) is 25.8 Å². The number of hydrogen-bond acceptors (Lipinski definition) is 2. The minimum atomic E-state index is 0.0966. The molecule has 1 aliphatic rings. The lowest BCUT2D eigenvalue weighted by atomic mass is 10.0. The smallest absolute Gasteiger partial charge is 0.270 e. The van der Waals surface area contributed by atoms with E-state index in [9.17, 15) is 4.79 Å². The first-order valence-electron chi connectivity index (χ1n) is 7.71. The molecule has 0 aliphatic carbocycles. The summed E-state index contributed by atoms with van der Waals surface area (Å²) in [6.07, 6.45) is 2.09. The van der Waals surface area contributed by atoms with Gasteiger partial charge in [-0.05, 0) is 63.7 Å². The quantitative estimate of drug-likeness (QED) is 0.887. The number of aromatic amines is 1. The van der Waals surface area contributed by atoms with E-state index in [1.807, 2.05) is 31.0 Å².